The van der Waals surface area contributed by atoms with Crippen molar-refractivity contribution in [2.75, 3.05) is 44.2 Å². The van der Waals surface area contributed by atoms with Crippen molar-refractivity contribution in [3.8, 4) is 0 Å². The van der Waals surface area contributed by atoms with Crippen LogP contribution in [0.15, 0.2) is 41.9 Å². The summed E-state index contributed by atoms with van der Waals surface area (Å²) in [4.78, 5) is 9.04. The molecule has 5 heteroatoms. The monoisotopic (exact) mass is 290 g/mol. The summed E-state index contributed by atoms with van der Waals surface area (Å²) in [6.07, 6.45) is 1.80. The van der Waals surface area contributed by atoms with Crippen molar-refractivity contribution in [2.24, 2.45) is 4.99 Å². The summed E-state index contributed by atoms with van der Waals surface area (Å²) in [5, 5.41) is 3.31. The number of rotatable bonds is 4. The van der Waals surface area contributed by atoms with E-state index in [-0.39, 0.29) is 5.82 Å². The first-order valence-electron chi connectivity index (χ1n) is 7.39. The van der Waals surface area contributed by atoms with Gasteiger partial charge in [0.2, 0.25) is 0 Å². The third-order valence-electron chi connectivity index (χ3n) is 3.48. The summed E-state index contributed by atoms with van der Waals surface area (Å²) < 4.78 is 13.0. The minimum absolute atomic E-state index is 0.191. The highest BCUT2D eigenvalue weighted by molar-refractivity contribution is 5.80. The van der Waals surface area contributed by atoms with Gasteiger partial charge in [-0.15, -0.1) is 6.58 Å². The van der Waals surface area contributed by atoms with Crippen LogP contribution in [0.4, 0.5) is 10.1 Å². The molecule has 0 aliphatic carbocycles. The highest BCUT2D eigenvalue weighted by Gasteiger charge is 2.19. The zero-order valence-corrected chi connectivity index (χ0v) is 12.6. The molecule has 0 spiro atoms. The average molecular weight is 290 g/mol. The number of benzene rings is 1. The molecule has 0 atom stereocenters. The minimum Gasteiger partial charge on any atom is -0.368 e. The highest BCUT2D eigenvalue weighted by Crippen LogP contribution is 2.16. The Balaban J connectivity index is 1.95. The fourth-order valence-corrected chi connectivity index (χ4v) is 2.41. The van der Waals surface area contributed by atoms with E-state index < -0.39 is 0 Å². The van der Waals surface area contributed by atoms with Gasteiger partial charge < -0.3 is 15.1 Å². The molecule has 4 nitrogen and oxygen atoms in total. The second-order valence-corrected chi connectivity index (χ2v) is 4.93. The Labute approximate surface area is 126 Å². The number of guanidine groups is 1. The van der Waals surface area contributed by atoms with Gasteiger partial charge in [-0.3, -0.25) is 0 Å². The number of nitrogens with one attached hydrogen (secondary N) is 1. The topological polar surface area (TPSA) is 30.9 Å². The lowest BCUT2D eigenvalue weighted by Crippen LogP contribution is -2.52. The predicted octanol–water partition coefficient (Wildman–Crippen LogP) is 2.10. The largest absolute Gasteiger partial charge is 0.368 e. The van der Waals surface area contributed by atoms with Crippen LogP contribution in [0.3, 0.4) is 0 Å². The lowest BCUT2D eigenvalue weighted by atomic mass is 10.2. The first-order chi connectivity index (χ1) is 10.2. The van der Waals surface area contributed by atoms with E-state index >= 15 is 0 Å². The van der Waals surface area contributed by atoms with Crippen molar-refractivity contribution in [1.29, 1.82) is 0 Å². The molecule has 0 unspecified atom stereocenters. The molecule has 0 amide bonds. The van der Waals surface area contributed by atoms with E-state index in [4.69, 9.17) is 0 Å². The van der Waals surface area contributed by atoms with Crippen LogP contribution in [-0.2, 0) is 0 Å². The van der Waals surface area contributed by atoms with Gasteiger partial charge >= 0.3 is 0 Å². The van der Waals surface area contributed by atoms with E-state index in [1.807, 2.05) is 12.1 Å². The van der Waals surface area contributed by atoms with Crippen molar-refractivity contribution in [3.63, 3.8) is 0 Å². The van der Waals surface area contributed by atoms with Crippen molar-refractivity contribution in [2.45, 2.75) is 6.92 Å². The molecule has 1 aliphatic heterocycles. The molecular formula is C16H23FN4. The Kier molecular flexibility index (Phi) is 5.60. The molecule has 1 aromatic rings. The van der Waals surface area contributed by atoms with E-state index in [0.29, 0.717) is 6.54 Å². The van der Waals surface area contributed by atoms with Gasteiger partial charge in [-0.1, -0.05) is 6.08 Å². The van der Waals surface area contributed by atoms with Gasteiger partial charge in [-0.05, 0) is 31.2 Å². The summed E-state index contributed by atoms with van der Waals surface area (Å²) in [7, 11) is 0. The normalized spacial score (nSPS) is 16.0. The van der Waals surface area contributed by atoms with Crippen LogP contribution in [-0.4, -0.2) is 50.1 Å². The van der Waals surface area contributed by atoms with Gasteiger partial charge in [-0.25, -0.2) is 9.38 Å². The van der Waals surface area contributed by atoms with Crippen LogP contribution in [0.1, 0.15) is 6.92 Å². The maximum absolute atomic E-state index is 13.0. The van der Waals surface area contributed by atoms with Gasteiger partial charge in [0, 0.05) is 38.4 Å². The van der Waals surface area contributed by atoms with Crippen LogP contribution in [0.25, 0.3) is 0 Å². The number of halogens is 1. The second-order valence-electron chi connectivity index (χ2n) is 4.93. The minimum atomic E-state index is -0.191. The zero-order valence-electron chi connectivity index (χ0n) is 12.6. The quantitative estimate of drug-likeness (QED) is 0.523. The third-order valence-corrected chi connectivity index (χ3v) is 3.48. The Hall–Kier alpha value is -2.04. The predicted molar refractivity (Wildman–Crippen MR) is 86.4 cm³/mol. The van der Waals surface area contributed by atoms with Crippen LogP contribution in [0.5, 0.6) is 0 Å². The Morgan fingerprint density at radius 3 is 2.52 bits per heavy atom. The van der Waals surface area contributed by atoms with E-state index in [1.54, 1.807) is 6.08 Å². The molecule has 0 radical (unpaired) electrons. The van der Waals surface area contributed by atoms with Crippen molar-refractivity contribution in [1.82, 2.24) is 10.2 Å². The van der Waals surface area contributed by atoms with E-state index in [9.17, 15) is 4.39 Å². The van der Waals surface area contributed by atoms with Crippen LogP contribution >= 0.6 is 0 Å². The smallest absolute Gasteiger partial charge is 0.194 e. The summed E-state index contributed by atoms with van der Waals surface area (Å²) >= 11 is 0. The molecule has 0 aromatic heterocycles. The van der Waals surface area contributed by atoms with E-state index in [2.05, 4.69) is 33.6 Å². The van der Waals surface area contributed by atoms with E-state index in [0.717, 1.165) is 44.4 Å². The van der Waals surface area contributed by atoms with Gasteiger partial charge in [0.1, 0.15) is 5.82 Å². The van der Waals surface area contributed by atoms with Gasteiger partial charge in [0.25, 0.3) is 0 Å². The summed E-state index contributed by atoms with van der Waals surface area (Å²) in [6.45, 7) is 10.9. The number of aliphatic imine (C=N–C) groups is 1. The fourth-order valence-electron chi connectivity index (χ4n) is 2.41. The molecule has 2 rings (SSSR count). The van der Waals surface area contributed by atoms with Gasteiger partial charge in [0.05, 0.1) is 6.54 Å². The molecule has 0 bridgehead atoms. The van der Waals surface area contributed by atoms with Crippen LogP contribution < -0.4 is 10.2 Å². The number of nitrogens with zero attached hydrogens (tertiary/aromatic N) is 3. The molecule has 21 heavy (non-hydrogen) atoms. The fraction of sp³-hybridized carbons (Fsp3) is 0.438. The van der Waals surface area contributed by atoms with Crippen molar-refractivity contribution >= 4 is 11.6 Å². The SMILES string of the molecule is C=CCN=C(NCC)N1CCN(c2ccc(F)cc2)CC1. The standard InChI is InChI=1S/C16H23FN4/c1-3-9-19-16(18-4-2)21-12-10-20(11-13-21)15-7-5-14(17)6-8-15/h3,5-8H,1,4,9-13H2,2H3,(H,18,19). The number of anilines is 1. The number of hydrogen-bond donors (Lipinski definition) is 1. The number of piperazine rings is 1. The molecular weight excluding hydrogens is 267 g/mol. The zero-order chi connectivity index (χ0) is 15.1. The molecule has 1 fully saturated rings. The lowest BCUT2D eigenvalue weighted by molar-refractivity contribution is 0.373. The highest BCUT2D eigenvalue weighted by atomic mass is 19.1. The third kappa shape index (κ3) is 4.21. The molecule has 1 N–H and O–H groups in total. The van der Waals surface area contributed by atoms with Crippen molar-refractivity contribution in [3.05, 3.63) is 42.7 Å². The maximum Gasteiger partial charge on any atom is 0.194 e. The first kappa shape index (κ1) is 15.4. The van der Waals surface area contributed by atoms with E-state index in [1.165, 1.54) is 12.1 Å². The average Bonchev–Trinajstić information content (AvgIpc) is 2.52. The molecule has 1 saturated heterocycles. The Morgan fingerprint density at radius 2 is 1.95 bits per heavy atom. The van der Waals surface area contributed by atoms with Crippen molar-refractivity contribution < 1.29 is 4.39 Å². The molecule has 0 saturated carbocycles. The summed E-state index contributed by atoms with van der Waals surface area (Å²) in [5.74, 6) is 0.750. The molecule has 1 aromatic carbocycles. The lowest BCUT2D eigenvalue weighted by Gasteiger charge is -2.37. The first-order valence-corrected chi connectivity index (χ1v) is 7.39. The van der Waals surface area contributed by atoms with Gasteiger partial charge in [-0.2, -0.15) is 0 Å². The van der Waals surface area contributed by atoms with Crippen LogP contribution in [0, 0.1) is 5.82 Å². The molecule has 114 valence electrons. The summed E-state index contributed by atoms with van der Waals surface area (Å²) in [6, 6.07) is 6.69. The van der Waals surface area contributed by atoms with Gasteiger partial charge in [0.15, 0.2) is 5.96 Å². The molecule has 1 heterocycles. The Bertz CT molecular complexity index is 476. The van der Waals surface area contributed by atoms with Crippen LogP contribution in [0.2, 0.25) is 0 Å². The number of hydrogen-bond acceptors (Lipinski definition) is 2. The summed E-state index contributed by atoms with van der Waals surface area (Å²) in [5.41, 5.74) is 1.07. The molecule has 1 aliphatic rings. The maximum atomic E-state index is 13.0. The Morgan fingerprint density at radius 1 is 1.29 bits per heavy atom. The second kappa shape index (κ2) is 7.67.